The van der Waals surface area contributed by atoms with Gasteiger partial charge in [-0.3, -0.25) is 0 Å². The number of hydrogen-bond acceptors (Lipinski definition) is 1. The molecule has 13 heavy (non-hydrogen) atoms. The number of hydrogen-bond donors (Lipinski definition) is 2. The molecule has 0 saturated carbocycles. The zero-order valence-corrected chi connectivity index (χ0v) is 8.28. The fourth-order valence-corrected chi connectivity index (χ4v) is 1.84. The molecule has 0 radical (unpaired) electrons. The van der Waals surface area contributed by atoms with E-state index in [1.807, 2.05) is 12.3 Å². The van der Waals surface area contributed by atoms with Crippen LogP contribution in [-0.4, -0.2) is 4.98 Å². The van der Waals surface area contributed by atoms with E-state index in [9.17, 15) is 0 Å². The Morgan fingerprint density at radius 2 is 2.15 bits per heavy atom. The van der Waals surface area contributed by atoms with E-state index in [0.29, 0.717) is 16.6 Å². The molecular weight excluding hydrogens is 207 g/mol. The lowest BCUT2D eigenvalue weighted by molar-refractivity contribution is 1.08. The van der Waals surface area contributed by atoms with E-state index in [2.05, 4.69) is 4.98 Å². The number of nitrogens with one attached hydrogen (secondary N) is 1. The first-order chi connectivity index (χ1) is 6.24. The monoisotopic (exact) mass is 214 g/mol. The Hall–Kier alpha value is -0.700. The molecule has 0 fully saturated rings. The molecule has 0 saturated heterocycles. The first-order valence-corrected chi connectivity index (χ1v) is 4.63. The first-order valence-electron chi connectivity index (χ1n) is 3.88. The quantitative estimate of drug-likeness (QED) is 0.754. The average molecular weight is 215 g/mol. The van der Waals surface area contributed by atoms with Crippen LogP contribution in [0.25, 0.3) is 10.9 Å². The second kappa shape index (κ2) is 3.22. The molecule has 0 bridgehead atoms. The van der Waals surface area contributed by atoms with Crippen LogP contribution >= 0.6 is 23.2 Å². The summed E-state index contributed by atoms with van der Waals surface area (Å²) in [5.74, 6) is 0. The maximum absolute atomic E-state index is 6.00. The molecule has 0 spiro atoms. The van der Waals surface area contributed by atoms with Crippen LogP contribution in [-0.2, 0) is 6.54 Å². The van der Waals surface area contributed by atoms with Crippen LogP contribution in [0.1, 0.15) is 5.56 Å². The molecule has 2 nitrogen and oxygen atoms in total. The number of H-pyrrole nitrogens is 1. The molecule has 2 aromatic rings. The summed E-state index contributed by atoms with van der Waals surface area (Å²) in [5.41, 5.74) is 7.52. The second-order valence-corrected chi connectivity index (χ2v) is 3.59. The summed E-state index contributed by atoms with van der Waals surface area (Å²) in [4.78, 5) is 3.08. The molecular formula is C9H8Cl2N2. The third-order valence-corrected chi connectivity index (χ3v) is 2.84. The zero-order valence-electron chi connectivity index (χ0n) is 6.77. The Labute approximate surface area is 85.6 Å². The van der Waals surface area contributed by atoms with Gasteiger partial charge in [-0.2, -0.15) is 0 Å². The van der Waals surface area contributed by atoms with Gasteiger partial charge in [0.1, 0.15) is 0 Å². The molecule has 0 aliphatic heterocycles. The van der Waals surface area contributed by atoms with Crippen LogP contribution < -0.4 is 5.73 Å². The van der Waals surface area contributed by atoms with E-state index >= 15 is 0 Å². The molecule has 2 rings (SSSR count). The van der Waals surface area contributed by atoms with E-state index in [1.165, 1.54) is 0 Å². The predicted molar refractivity (Wildman–Crippen MR) is 56.2 cm³/mol. The summed E-state index contributed by atoms with van der Waals surface area (Å²) in [6, 6.07) is 3.69. The van der Waals surface area contributed by atoms with E-state index in [1.54, 1.807) is 6.07 Å². The van der Waals surface area contributed by atoms with Crippen LogP contribution in [0.5, 0.6) is 0 Å². The Morgan fingerprint density at radius 1 is 1.38 bits per heavy atom. The molecule has 68 valence electrons. The van der Waals surface area contributed by atoms with Crippen molar-refractivity contribution in [3.05, 3.63) is 33.9 Å². The number of benzene rings is 1. The van der Waals surface area contributed by atoms with Gasteiger partial charge in [0.15, 0.2) is 0 Å². The molecule has 1 heterocycles. The van der Waals surface area contributed by atoms with Crippen molar-refractivity contribution in [2.24, 2.45) is 5.73 Å². The summed E-state index contributed by atoms with van der Waals surface area (Å²) in [7, 11) is 0. The van der Waals surface area contributed by atoms with Gasteiger partial charge in [0, 0.05) is 18.1 Å². The van der Waals surface area contributed by atoms with E-state index in [4.69, 9.17) is 28.9 Å². The standard InChI is InChI=1S/C9H8Cl2N2/c10-7-3-5(4-12)9-6(8(7)11)1-2-13-9/h1-3,13H,4,12H2. The van der Waals surface area contributed by atoms with Gasteiger partial charge in [-0.15, -0.1) is 0 Å². The van der Waals surface area contributed by atoms with Crippen molar-refractivity contribution in [1.29, 1.82) is 0 Å². The van der Waals surface area contributed by atoms with Crippen molar-refractivity contribution in [1.82, 2.24) is 4.98 Å². The summed E-state index contributed by atoms with van der Waals surface area (Å²) in [6.45, 7) is 0.452. The summed E-state index contributed by atoms with van der Waals surface area (Å²) in [6.07, 6.45) is 1.83. The van der Waals surface area contributed by atoms with Gasteiger partial charge in [-0.05, 0) is 17.7 Å². The van der Waals surface area contributed by atoms with Gasteiger partial charge in [0.2, 0.25) is 0 Å². The Kier molecular flexibility index (Phi) is 2.20. The average Bonchev–Trinajstić information content (AvgIpc) is 2.60. The highest BCUT2D eigenvalue weighted by Gasteiger charge is 2.08. The lowest BCUT2D eigenvalue weighted by Crippen LogP contribution is -1.97. The minimum Gasteiger partial charge on any atom is -0.361 e. The molecule has 4 heteroatoms. The number of aromatic nitrogens is 1. The Morgan fingerprint density at radius 3 is 2.85 bits per heavy atom. The topological polar surface area (TPSA) is 41.8 Å². The normalized spacial score (nSPS) is 11.0. The maximum atomic E-state index is 6.00. The largest absolute Gasteiger partial charge is 0.361 e. The number of aromatic amines is 1. The number of nitrogens with two attached hydrogens (primary N) is 1. The fraction of sp³-hybridized carbons (Fsp3) is 0.111. The van der Waals surface area contributed by atoms with Crippen LogP contribution in [0.4, 0.5) is 0 Å². The van der Waals surface area contributed by atoms with Crippen molar-refractivity contribution < 1.29 is 0 Å². The van der Waals surface area contributed by atoms with Crippen LogP contribution in [0.3, 0.4) is 0 Å². The lowest BCUT2D eigenvalue weighted by atomic mass is 10.1. The Bertz CT molecular complexity index is 448. The second-order valence-electron chi connectivity index (χ2n) is 2.80. The third kappa shape index (κ3) is 1.31. The highest BCUT2D eigenvalue weighted by Crippen LogP contribution is 2.32. The minimum absolute atomic E-state index is 0.452. The van der Waals surface area contributed by atoms with Gasteiger partial charge < -0.3 is 10.7 Å². The predicted octanol–water partition coefficient (Wildman–Crippen LogP) is 2.93. The summed E-state index contributed by atoms with van der Waals surface area (Å²) >= 11 is 11.9. The number of halogens is 2. The van der Waals surface area contributed by atoms with E-state index in [-0.39, 0.29) is 0 Å². The fourth-order valence-electron chi connectivity index (χ4n) is 1.40. The smallest absolute Gasteiger partial charge is 0.0686 e. The minimum atomic E-state index is 0.452. The molecule has 0 aliphatic rings. The van der Waals surface area contributed by atoms with Gasteiger partial charge in [0.25, 0.3) is 0 Å². The van der Waals surface area contributed by atoms with Gasteiger partial charge in [-0.1, -0.05) is 23.2 Å². The van der Waals surface area contributed by atoms with Gasteiger partial charge in [0.05, 0.1) is 15.6 Å². The lowest BCUT2D eigenvalue weighted by Gasteiger charge is -2.03. The van der Waals surface area contributed by atoms with Crippen molar-refractivity contribution in [3.8, 4) is 0 Å². The third-order valence-electron chi connectivity index (χ3n) is 2.04. The molecule has 3 N–H and O–H groups in total. The molecule has 0 aliphatic carbocycles. The van der Waals surface area contributed by atoms with Crippen molar-refractivity contribution in [2.45, 2.75) is 6.54 Å². The number of fused-ring (bicyclic) bond motifs is 1. The summed E-state index contributed by atoms with van der Waals surface area (Å²) < 4.78 is 0. The highest BCUT2D eigenvalue weighted by molar-refractivity contribution is 6.45. The maximum Gasteiger partial charge on any atom is 0.0686 e. The first kappa shape index (κ1) is 8.88. The van der Waals surface area contributed by atoms with Gasteiger partial charge in [-0.25, -0.2) is 0 Å². The van der Waals surface area contributed by atoms with E-state index < -0.39 is 0 Å². The molecule has 0 amide bonds. The summed E-state index contributed by atoms with van der Waals surface area (Å²) in [5, 5.41) is 2.05. The number of rotatable bonds is 1. The van der Waals surface area contributed by atoms with E-state index in [0.717, 1.165) is 16.5 Å². The van der Waals surface area contributed by atoms with Gasteiger partial charge >= 0.3 is 0 Å². The van der Waals surface area contributed by atoms with Crippen LogP contribution in [0.2, 0.25) is 10.0 Å². The van der Waals surface area contributed by atoms with Crippen molar-refractivity contribution >= 4 is 34.1 Å². The van der Waals surface area contributed by atoms with Crippen LogP contribution in [0, 0.1) is 0 Å². The molecule has 0 unspecified atom stereocenters. The van der Waals surface area contributed by atoms with Crippen molar-refractivity contribution in [3.63, 3.8) is 0 Å². The van der Waals surface area contributed by atoms with Crippen molar-refractivity contribution in [2.75, 3.05) is 0 Å². The zero-order chi connectivity index (χ0) is 9.42. The molecule has 1 aromatic carbocycles. The molecule has 1 aromatic heterocycles. The highest BCUT2D eigenvalue weighted by atomic mass is 35.5. The molecule has 0 atom stereocenters. The van der Waals surface area contributed by atoms with Crippen LogP contribution in [0.15, 0.2) is 18.3 Å². The Balaban J connectivity index is 2.87. The SMILES string of the molecule is NCc1cc(Cl)c(Cl)c2cc[nH]c12.